The van der Waals surface area contributed by atoms with E-state index in [-0.39, 0.29) is 29.9 Å². The molecule has 0 bridgehead atoms. The van der Waals surface area contributed by atoms with Crippen LogP contribution in [0.3, 0.4) is 0 Å². The van der Waals surface area contributed by atoms with E-state index in [1.807, 2.05) is 55.6 Å². The highest BCUT2D eigenvalue weighted by molar-refractivity contribution is 9.10. The van der Waals surface area contributed by atoms with Crippen molar-refractivity contribution in [2.24, 2.45) is 5.16 Å². The number of benzene rings is 2. The van der Waals surface area contributed by atoms with Gasteiger partial charge in [0.25, 0.3) is 24.1 Å². The standard InChI is InChI=1S/C34H27BrF2N12O2/c1-17-10-19(12-40-51-17)33-47-31(22-6-4-5-7-23(22)32(43-47)50-15-20-13-44(3)49-18(2)28(20)49)42-48(33)34-41-27(29(36)37)26-14-45-30(38-16-39-45)24-11-21(35)8-9-25(24)46(26)34/h4-13,16,19,28-29H,14-15H2,1-3H3/q+2. The summed E-state index contributed by atoms with van der Waals surface area (Å²) >= 11 is 3.57. The first-order valence-corrected chi connectivity index (χ1v) is 17.0. The van der Waals surface area contributed by atoms with Crippen molar-refractivity contribution in [1.82, 2.24) is 44.0 Å². The number of halogens is 3. The highest BCUT2D eigenvalue weighted by Crippen LogP contribution is 2.38. The third-order valence-corrected chi connectivity index (χ3v) is 10.1. The Morgan fingerprint density at radius 1 is 1.14 bits per heavy atom. The Morgan fingerprint density at radius 3 is 2.76 bits per heavy atom. The van der Waals surface area contributed by atoms with Crippen LogP contribution in [0.2, 0.25) is 0 Å². The van der Waals surface area contributed by atoms with Gasteiger partial charge in [-0.3, -0.25) is 0 Å². The fraction of sp³-hybridized carbons (Fsp3) is 0.235. The number of alkyl halides is 2. The van der Waals surface area contributed by atoms with Crippen molar-refractivity contribution in [3.8, 4) is 28.9 Å². The predicted molar refractivity (Wildman–Crippen MR) is 182 cm³/mol. The molecule has 0 saturated carbocycles. The molecule has 0 spiro atoms. The molecule has 2 aromatic carbocycles. The number of fused-ring (bicyclic) bond motifs is 9. The van der Waals surface area contributed by atoms with Gasteiger partial charge in [0.05, 0.1) is 42.5 Å². The Bertz CT molecular complexity index is 2620. The van der Waals surface area contributed by atoms with Gasteiger partial charge in [-0.25, -0.2) is 23.0 Å². The summed E-state index contributed by atoms with van der Waals surface area (Å²) in [6, 6.07) is 13.5. The number of nitrogens with zero attached hydrogens (tertiary/aromatic N) is 12. The first kappa shape index (κ1) is 30.0. The normalized spacial score (nSPS) is 18.8. The van der Waals surface area contributed by atoms with Crippen molar-refractivity contribution < 1.29 is 27.7 Å². The Balaban J connectivity index is 1.23. The average molecular weight is 754 g/mol. The zero-order valence-electron chi connectivity index (χ0n) is 27.3. The maximum atomic E-state index is 15.0. The Kier molecular flexibility index (Phi) is 6.37. The number of rotatable bonds is 6. The first-order valence-electron chi connectivity index (χ1n) is 16.2. The number of hydrazine groups is 1. The van der Waals surface area contributed by atoms with Gasteiger partial charge in [0.1, 0.15) is 36.0 Å². The monoisotopic (exact) mass is 752 g/mol. The Hall–Kier alpha value is -5.84. The van der Waals surface area contributed by atoms with Crippen LogP contribution in [0.1, 0.15) is 43.4 Å². The predicted octanol–water partition coefficient (Wildman–Crippen LogP) is 4.65. The van der Waals surface area contributed by atoms with Gasteiger partial charge in [0, 0.05) is 16.8 Å². The van der Waals surface area contributed by atoms with E-state index in [1.54, 1.807) is 31.6 Å². The molecule has 17 heteroatoms. The third kappa shape index (κ3) is 4.43. The van der Waals surface area contributed by atoms with Crippen LogP contribution in [0.25, 0.3) is 39.4 Å². The SMILES string of the molecule is CC1=CC(c2n3nc(OCC4=CN(C)[N+]5=C(C)C45)c4ccccc4c3n[n+]2-c2nc(C(F)F)c3n2-c2ccc(Br)cc2-c2ncnn2C3)C=NO1. The first-order chi connectivity index (χ1) is 24.8. The molecule has 0 amide bonds. The molecule has 0 saturated heterocycles. The summed E-state index contributed by atoms with van der Waals surface area (Å²) in [7, 11) is 2.01. The van der Waals surface area contributed by atoms with Crippen LogP contribution in [0.4, 0.5) is 8.78 Å². The summed E-state index contributed by atoms with van der Waals surface area (Å²) in [5.74, 6) is 1.59. The van der Waals surface area contributed by atoms with Gasteiger partial charge in [0.15, 0.2) is 11.5 Å². The summed E-state index contributed by atoms with van der Waals surface area (Å²) in [4.78, 5) is 14.5. The van der Waals surface area contributed by atoms with Crippen LogP contribution >= 0.6 is 15.9 Å². The second kappa shape index (κ2) is 10.8. The van der Waals surface area contributed by atoms with Crippen molar-refractivity contribution in [3.63, 3.8) is 0 Å². The maximum absolute atomic E-state index is 15.0. The second-order valence-corrected chi connectivity index (χ2v) is 13.7. The van der Waals surface area contributed by atoms with Gasteiger partial charge in [-0.15, -0.1) is 9.50 Å². The highest BCUT2D eigenvalue weighted by atomic mass is 79.9. The lowest BCUT2D eigenvalue weighted by atomic mass is 10.1. The zero-order chi connectivity index (χ0) is 34.7. The average Bonchev–Trinajstić information content (AvgIpc) is 3.54. The largest absolute Gasteiger partial charge is 0.471 e. The van der Waals surface area contributed by atoms with E-state index in [2.05, 4.69) is 59.0 Å². The summed E-state index contributed by atoms with van der Waals surface area (Å²) < 4.78 is 46.0. The number of imidazole rings is 1. The fourth-order valence-electron chi connectivity index (χ4n) is 7.41. The van der Waals surface area contributed by atoms with Crippen LogP contribution < -0.4 is 9.42 Å². The molecule has 4 aliphatic heterocycles. The van der Waals surface area contributed by atoms with Crippen LogP contribution in [-0.2, 0) is 11.4 Å². The molecular formula is C34H27BrF2N12O2+2. The summed E-state index contributed by atoms with van der Waals surface area (Å²) in [5.41, 5.74) is 4.01. The molecule has 6 aromatic rings. The lowest BCUT2D eigenvalue weighted by Crippen LogP contribution is -2.42. The minimum Gasteiger partial charge on any atom is -0.471 e. The lowest BCUT2D eigenvalue weighted by Gasteiger charge is -2.13. The van der Waals surface area contributed by atoms with Crippen molar-refractivity contribution in [2.75, 3.05) is 13.7 Å². The fourth-order valence-corrected chi connectivity index (χ4v) is 7.77. The maximum Gasteiger partial charge on any atom is 0.383 e. The summed E-state index contributed by atoms with van der Waals surface area (Å²) in [5, 5.41) is 22.2. The highest BCUT2D eigenvalue weighted by Gasteiger charge is 2.56. The molecule has 0 aliphatic carbocycles. The van der Waals surface area contributed by atoms with Crippen LogP contribution in [0.15, 0.2) is 82.0 Å². The minimum absolute atomic E-state index is 0.00877. The van der Waals surface area contributed by atoms with Crippen molar-refractivity contribution in [2.45, 2.75) is 38.8 Å². The van der Waals surface area contributed by atoms with E-state index < -0.39 is 12.3 Å². The summed E-state index contributed by atoms with van der Waals surface area (Å²) in [6.07, 6.45) is 4.09. The van der Waals surface area contributed by atoms with E-state index in [1.165, 1.54) is 12.0 Å². The molecule has 4 aromatic heterocycles. The molecule has 0 radical (unpaired) electrons. The van der Waals surface area contributed by atoms with Crippen LogP contribution in [0.5, 0.6) is 5.88 Å². The minimum atomic E-state index is -2.89. The second-order valence-electron chi connectivity index (χ2n) is 12.7. The lowest BCUT2D eigenvalue weighted by molar-refractivity contribution is -0.671. The number of allylic oxidation sites excluding steroid dienone is 2. The number of aromatic nitrogens is 9. The Morgan fingerprint density at radius 2 is 1.98 bits per heavy atom. The topological polar surface area (TPSA) is 120 Å². The summed E-state index contributed by atoms with van der Waals surface area (Å²) in [6.45, 7) is 4.23. The number of ether oxygens (including phenoxy) is 1. The quantitative estimate of drug-likeness (QED) is 0.226. The number of hydrogen-bond donors (Lipinski definition) is 0. The number of oxime groups is 1. The van der Waals surface area contributed by atoms with Crippen molar-refractivity contribution in [1.29, 1.82) is 0 Å². The molecule has 4 aliphatic rings. The molecule has 10 rings (SSSR count). The van der Waals surface area contributed by atoms with Crippen molar-refractivity contribution in [3.05, 3.63) is 94.1 Å². The van der Waals surface area contributed by atoms with E-state index in [0.29, 0.717) is 46.8 Å². The van der Waals surface area contributed by atoms with Crippen molar-refractivity contribution >= 4 is 44.3 Å². The molecule has 0 fully saturated rings. The zero-order valence-corrected chi connectivity index (χ0v) is 28.9. The molecule has 51 heavy (non-hydrogen) atoms. The molecule has 8 heterocycles. The molecule has 254 valence electrons. The van der Waals surface area contributed by atoms with Gasteiger partial charge >= 0.3 is 5.95 Å². The smallest absolute Gasteiger partial charge is 0.383 e. The van der Waals surface area contributed by atoms with Gasteiger partial charge in [-0.1, -0.05) is 52.8 Å². The molecule has 14 nitrogen and oxygen atoms in total. The van der Waals surface area contributed by atoms with Crippen LogP contribution in [-0.4, -0.2) is 80.3 Å². The van der Waals surface area contributed by atoms with Gasteiger partial charge in [0.2, 0.25) is 11.5 Å². The number of hydrazone groups is 1. The van der Waals surface area contributed by atoms with E-state index in [0.717, 1.165) is 20.8 Å². The van der Waals surface area contributed by atoms with E-state index in [4.69, 9.17) is 19.8 Å². The van der Waals surface area contributed by atoms with E-state index >= 15 is 0 Å². The van der Waals surface area contributed by atoms with Crippen LogP contribution in [0, 0.1) is 0 Å². The molecular weight excluding hydrogens is 726 g/mol. The molecule has 2 atom stereocenters. The number of hydrogen-bond acceptors (Lipinski definition) is 9. The third-order valence-electron chi connectivity index (χ3n) is 9.64. The molecule has 2 unspecified atom stereocenters. The van der Waals surface area contributed by atoms with Gasteiger partial charge in [-0.2, -0.15) is 10.1 Å². The molecule has 0 N–H and O–H groups in total. The Labute approximate surface area is 295 Å². The van der Waals surface area contributed by atoms with Gasteiger partial charge in [-0.05, 0) is 43.3 Å². The van der Waals surface area contributed by atoms with E-state index in [9.17, 15) is 8.78 Å². The van der Waals surface area contributed by atoms with Gasteiger partial charge < -0.3 is 9.57 Å².